The summed E-state index contributed by atoms with van der Waals surface area (Å²) in [5.74, 6) is 0. The van der Waals surface area contributed by atoms with Gasteiger partial charge in [0, 0.05) is 31.0 Å². The monoisotopic (exact) mass is 256 g/mol. The van der Waals surface area contributed by atoms with Crippen molar-refractivity contribution in [3.05, 3.63) is 58.4 Å². The summed E-state index contributed by atoms with van der Waals surface area (Å²) in [5, 5.41) is 3.62. The van der Waals surface area contributed by atoms with Crippen LogP contribution < -0.4 is 5.32 Å². The molecule has 1 heterocycles. The Hall–Kier alpha value is -1.54. The highest BCUT2D eigenvalue weighted by atomic mass is 15.0. The summed E-state index contributed by atoms with van der Waals surface area (Å²) in [7, 11) is 2.12. The van der Waals surface area contributed by atoms with Crippen LogP contribution in [0.5, 0.6) is 0 Å². The molecule has 19 heavy (non-hydrogen) atoms. The third-order valence-electron chi connectivity index (χ3n) is 4.13. The molecule has 1 atom stereocenters. The fourth-order valence-corrected chi connectivity index (χ4v) is 2.56. The zero-order valence-corrected chi connectivity index (χ0v) is 12.6. The number of hydrogen-bond acceptors (Lipinski definition) is 1. The summed E-state index contributed by atoms with van der Waals surface area (Å²) < 4.78 is 2.25. The Kier molecular flexibility index (Phi) is 4.11. The van der Waals surface area contributed by atoms with E-state index in [1.165, 1.54) is 28.1 Å². The summed E-state index contributed by atoms with van der Waals surface area (Å²) in [6.45, 7) is 9.66. The molecule has 2 heteroatoms. The van der Waals surface area contributed by atoms with E-state index in [1.807, 2.05) is 0 Å². The van der Waals surface area contributed by atoms with Crippen LogP contribution in [0.3, 0.4) is 0 Å². The molecule has 0 radical (unpaired) electrons. The van der Waals surface area contributed by atoms with E-state index in [0.29, 0.717) is 6.04 Å². The van der Waals surface area contributed by atoms with Crippen molar-refractivity contribution in [1.82, 2.24) is 9.88 Å². The van der Waals surface area contributed by atoms with Gasteiger partial charge in [-0.15, -0.1) is 0 Å². The summed E-state index contributed by atoms with van der Waals surface area (Å²) >= 11 is 0. The van der Waals surface area contributed by atoms with Gasteiger partial charge in [-0.05, 0) is 50.5 Å². The SMILES string of the molecule is Cc1ccccc1C(C)NCc1cc(C)n(C)c1C. The molecule has 0 saturated heterocycles. The molecule has 0 aliphatic heterocycles. The quantitative estimate of drug-likeness (QED) is 0.880. The van der Waals surface area contributed by atoms with E-state index >= 15 is 0 Å². The van der Waals surface area contributed by atoms with Crippen LogP contribution in [0.15, 0.2) is 30.3 Å². The van der Waals surface area contributed by atoms with Crippen molar-refractivity contribution in [3.63, 3.8) is 0 Å². The Morgan fingerprint density at radius 2 is 1.84 bits per heavy atom. The minimum Gasteiger partial charge on any atom is -0.352 e. The lowest BCUT2D eigenvalue weighted by atomic mass is 10.0. The molecule has 0 bridgehead atoms. The van der Waals surface area contributed by atoms with Gasteiger partial charge in [-0.3, -0.25) is 0 Å². The predicted molar refractivity (Wildman–Crippen MR) is 81.3 cm³/mol. The molecular weight excluding hydrogens is 232 g/mol. The van der Waals surface area contributed by atoms with Gasteiger partial charge in [-0.2, -0.15) is 0 Å². The third-order valence-corrected chi connectivity index (χ3v) is 4.13. The van der Waals surface area contributed by atoms with Gasteiger partial charge in [0.2, 0.25) is 0 Å². The molecule has 1 unspecified atom stereocenters. The number of aromatic nitrogens is 1. The summed E-state index contributed by atoms with van der Waals surface area (Å²) in [6.07, 6.45) is 0. The molecule has 0 aliphatic rings. The lowest BCUT2D eigenvalue weighted by Crippen LogP contribution is -2.19. The van der Waals surface area contributed by atoms with E-state index in [9.17, 15) is 0 Å². The van der Waals surface area contributed by atoms with Crippen LogP contribution in [-0.2, 0) is 13.6 Å². The third kappa shape index (κ3) is 2.90. The van der Waals surface area contributed by atoms with E-state index in [-0.39, 0.29) is 0 Å². The number of nitrogens with zero attached hydrogens (tertiary/aromatic N) is 1. The van der Waals surface area contributed by atoms with E-state index in [4.69, 9.17) is 0 Å². The molecule has 0 aliphatic carbocycles. The van der Waals surface area contributed by atoms with Crippen LogP contribution >= 0.6 is 0 Å². The average molecular weight is 256 g/mol. The number of rotatable bonds is 4. The molecule has 2 nitrogen and oxygen atoms in total. The maximum Gasteiger partial charge on any atom is 0.0297 e. The van der Waals surface area contributed by atoms with Crippen molar-refractivity contribution in [1.29, 1.82) is 0 Å². The van der Waals surface area contributed by atoms with Gasteiger partial charge < -0.3 is 9.88 Å². The predicted octanol–water partition coefficient (Wildman–Crippen LogP) is 3.80. The number of aryl methyl sites for hydroxylation is 2. The first-order valence-electron chi connectivity index (χ1n) is 6.91. The molecular formula is C17H24N2. The standard InChI is InChI=1S/C17H24N2/c1-12-8-6-7-9-17(12)14(3)18-11-16-10-13(2)19(5)15(16)4/h6-10,14,18H,11H2,1-5H3. The van der Waals surface area contributed by atoms with Gasteiger partial charge in [0.05, 0.1) is 0 Å². The van der Waals surface area contributed by atoms with Crippen LogP contribution in [0.1, 0.15) is 41.0 Å². The van der Waals surface area contributed by atoms with E-state index in [2.05, 4.69) is 75.0 Å². The highest BCUT2D eigenvalue weighted by molar-refractivity contribution is 5.29. The van der Waals surface area contributed by atoms with Gasteiger partial charge in [0.1, 0.15) is 0 Å². The van der Waals surface area contributed by atoms with Gasteiger partial charge in [0.25, 0.3) is 0 Å². The molecule has 0 amide bonds. The smallest absolute Gasteiger partial charge is 0.0297 e. The molecule has 2 aromatic rings. The molecule has 1 aromatic heterocycles. The van der Waals surface area contributed by atoms with Crippen LogP contribution in [0, 0.1) is 20.8 Å². The average Bonchev–Trinajstić information content (AvgIpc) is 2.64. The van der Waals surface area contributed by atoms with Crippen molar-refractivity contribution in [3.8, 4) is 0 Å². The summed E-state index contributed by atoms with van der Waals surface area (Å²) in [6, 6.07) is 11.2. The van der Waals surface area contributed by atoms with E-state index in [1.54, 1.807) is 0 Å². The topological polar surface area (TPSA) is 17.0 Å². The second-order valence-electron chi connectivity index (χ2n) is 5.41. The number of benzene rings is 1. The fourth-order valence-electron chi connectivity index (χ4n) is 2.56. The van der Waals surface area contributed by atoms with Crippen LogP contribution in [-0.4, -0.2) is 4.57 Å². The molecule has 102 valence electrons. The first-order chi connectivity index (χ1) is 9.00. The van der Waals surface area contributed by atoms with Gasteiger partial charge in [-0.25, -0.2) is 0 Å². The molecule has 0 saturated carbocycles. The van der Waals surface area contributed by atoms with E-state index in [0.717, 1.165) is 6.54 Å². The second-order valence-corrected chi connectivity index (χ2v) is 5.41. The normalized spacial score (nSPS) is 12.7. The van der Waals surface area contributed by atoms with Gasteiger partial charge >= 0.3 is 0 Å². The number of nitrogens with one attached hydrogen (secondary N) is 1. The number of hydrogen-bond donors (Lipinski definition) is 1. The Labute approximate surface area is 116 Å². The zero-order valence-electron chi connectivity index (χ0n) is 12.6. The minimum atomic E-state index is 0.376. The largest absolute Gasteiger partial charge is 0.352 e. The maximum absolute atomic E-state index is 3.62. The molecule has 0 fully saturated rings. The minimum absolute atomic E-state index is 0.376. The highest BCUT2D eigenvalue weighted by Gasteiger charge is 2.10. The first kappa shape index (κ1) is 13.9. The van der Waals surface area contributed by atoms with Crippen LogP contribution in [0.25, 0.3) is 0 Å². The first-order valence-corrected chi connectivity index (χ1v) is 6.91. The van der Waals surface area contributed by atoms with Crippen molar-refractivity contribution in [2.75, 3.05) is 0 Å². The van der Waals surface area contributed by atoms with Crippen molar-refractivity contribution >= 4 is 0 Å². The maximum atomic E-state index is 3.62. The molecule has 0 spiro atoms. The lowest BCUT2D eigenvalue weighted by molar-refractivity contribution is 0.570. The van der Waals surface area contributed by atoms with Gasteiger partial charge in [-0.1, -0.05) is 24.3 Å². The lowest BCUT2D eigenvalue weighted by Gasteiger charge is -2.16. The molecule has 1 N–H and O–H groups in total. The van der Waals surface area contributed by atoms with Crippen LogP contribution in [0.4, 0.5) is 0 Å². The molecule has 1 aromatic carbocycles. The molecule has 2 rings (SSSR count). The van der Waals surface area contributed by atoms with Crippen molar-refractivity contribution < 1.29 is 0 Å². The van der Waals surface area contributed by atoms with Gasteiger partial charge in [0.15, 0.2) is 0 Å². The Morgan fingerprint density at radius 1 is 1.16 bits per heavy atom. The van der Waals surface area contributed by atoms with Crippen molar-refractivity contribution in [2.45, 2.75) is 40.3 Å². The Morgan fingerprint density at radius 3 is 2.42 bits per heavy atom. The van der Waals surface area contributed by atoms with Crippen molar-refractivity contribution in [2.24, 2.45) is 7.05 Å². The summed E-state index contributed by atoms with van der Waals surface area (Å²) in [4.78, 5) is 0. The fraction of sp³-hybridized carbons (Fsp3) is 0.412. The van der Waals surface area contributed by atoms with E-state index < -0.39 is 0 Å². The highest BCUT2D eigenvalue weighted by Crippen LogP contribution is 2.19. The second kappa shape index (κ2) is 5.62. The Balaban J connectivity index is 2.06. The zero-order chi connectivity index (χ0) is 14.0. The Bertz CT molecular complexity index is 567. The van der Waals surface area contributed by atoms with Crippen LogP contribution in [0.2, 0.25) is 0 Å². The summed E-state index contributed by atoms with van der Waals surface area (Å²) in [5.41, 5.74) is 6.79.